The summed E-state index contributed by atoms with van der Waals surface area (Å²) in [7, 11) is 0. The number of aryl methyl sites for hydroxylation is 1. The van der Waals surface area contributed by atoms with E-state index in [1.165, 1.54) is 68.9 Å². The fourth-order valence-electron chi connectivity index (χ4n) is 6.69. The second-order valence-corrected chi connectivity index (χ2v) is 11.7. The molecule has 4 rings (SSSR count). The van der Waals surface area contributed by atoms with E-state index in [9.17, 15) is 8.78 Å². The van der Waals surface area contributed by atoms with Crippen molar-refractivity contribution in [3.63, 3.8) is 0 Å². The summed E-state index contributed by atoms with van der Waals surface area (Å²) in [5.41, 5.74) is 3.56. The number of benzene rings is 2. The number of ether oxygens (including phenoxy) is 1. The molecule has 208 valence electrons. The van der Waals surface area contributed by atoms with Gasteiger partial charge in [-0.15, -0.1) is 0 Å². The molecule has 0 aromatic heterocycles. The molecular formula is C35H48F2O. The van der Waals surface area contributed by atoms with Crippen LogP contribution in [-0.2, 0) is 6.42 Å². The zero-order chi connectivity index (χ0) is 26.7. The molecule has 2 fully saturated rings. The Morgan fingerprint density at radius 3 is 2.18 bits per heavy atom. The molecule has 2 aromatic rings. The average Bonchev–Trinajstić information content (AvgIpc) is 2.95. The third-order valence-electron chi connectivity index (χ3n) is 9.10. The number of unbranched alkanes of at least 4 members (excludes halogenated alkanes) is 2. The van der Waals surface area contributed by atoms with Crippen molar-refractivity contribution in [3.8, 4) is 5.75 Å². The fourth-order valence-corrected chi connectivity index (χ4v) is 6.69. The van der Waals surface area contributed by atoms with E-state index in [0.29, 0.717) is 18.1 Å². The van der Waals surface area contributed by atoms with E-state index in [0.717, 1.165) is 43.9 Å². The van der Waals surface area contributed by atoms with Crippen molar-refractivity contribution >= 4 is 0 Å². The van der Waals surface area contributed by atoms with Crippen molar-refractivity contribution in [2.45, 2.75) is 116 Å². The lowest BCUT2D eigenvalue weighted by atomic mass is 9.76. The van der Waals surface area contributed by atoms with Crippen molar-refractivity contribution in [2.75, 3.05) is 6.61 Å². The molecule has 0 spiro atoms. The van der Waals surface area contributed by atoms with Gasteiger partial charge in [0.1, 0.15) is 0 Å². The summed E-state index contributed by atoms with van der Waals surface area (Å²) in [4.78, 5) is 0. The normalized spacial score (nSPS) is 24.1. The Kier molecular flexibility index (Phi) is 11.3. The van der Waals surface area contributed by atoms with Gasteiger partial charge in [0, 0.05) is 0 Å². The first kappa shape index (κ1) is 28.8. The van der Waals surface area contributed by atoms with Crippen LogP contribution in [-0.4, -0.2) is 6.61 Å². The highest BCUT2D eigenvalue weighted by Gasteiger charge is 2.26. The lowest BCUT2D eigenvalue weighted by Gasteiger charge is -2.29. The SMILES string of the molecule is CCCCCc1ccc(C2CCC(C=CCCC3CCC(c4ccc(OCC)c(F)c4F)CC3)CC2)cc1. The number of hydrogen-bond acceptors (Lipinski definition) is 1. The second-order valence-electron chi connectivity index (χ2n) is 11.7. The zero-order valence-corrected chi connectivity index (χ0v) is 23.7. The second kappa shape index (κ2) is 14.8. The number of halogens is 2. The Bertz CT molecular complexity index is 995. The lowest BCUT2D eigenvalue weighted by molar-refractivity contribution is 0.297. The summed E-state index contributed by atoms with van der Waals surface area (Å²) in [5, 5.41) is 0. The van der Waals surface area contributed by atoms with Crippen LogP contribution in [0.1, 0.15) is 126 Å². The summed E-state index contributed by atoms with van der Waals surface area (Å²) in [6.07, 6.45) is 21.7. The molecular weight excluding hydrogens is 474 g/mol. The van der Waals surface area contributed by atoms with Gasteiger partial charge in [0.15, 0.2) is 11.6 Å². The van der Waals surface area contributed by atoms with Crippen LogP contribution in [0.3, 0.4) is 0 Å². The Morgan fingerprint density at radius 1 is 0.789 bits per heavy atom. The lowest BCUT2D eigenvalue weighted by Crippen LogP contribution is -2.15. The monoisotopic (exact) mass is 522 g/mol. The predicted octanol–water partition coefficient (Wildman–Crippen LogP) is 10.7. The molecule has 0 amide bonds. The van der Waals surface area contributed by atoms with Crippen LogP contribution < -0.4 is 4.74 Å². The molecule has 1 nitrogen and oxygen atoms in total. The minimum Gasteiger partial charge on any atom is -0.491 e. The number of rotatable bonds is 12. The van der Waals surface area contributed by atoms with Gasteiger partial charge in [0.2, 0.25) is 5.82 Å². The van der Waals surface area contributed by atoms with Crippen LogP contribution in [0.4, 0.5) is 8.78 Å². The summed E-state index contributed by atoms with van der Waals surface area (Å²) in [6, 6.07) is 12.8. The molecule has 0 radical (unpaired) electrons. The van der Waals surface area contributed by atoms with Crippen LogP contribution in [0.2, 0.25) is 0 Å². The highest BCUT2D eigenvalue weighted by Crippen LogP contribution is 2.40. The minimum absolute atomic E-state index is 0.0227. The van der Waals surface area contributed by atoms with Crippen molar-refractivity contribution in [1.29, 1.82) is 0 Å². The first-order chi connectivity index (χ1) is 18.6. The smallest absolute Gasteiger partial charge is 0.200 e. The maximum Gasteiger partial charge on any atom is 0.200 e. The van der Waals surface area contributed by atoms with Crippen molar-refractivity contribution < 1.29 is 13.5 Å². The topological polar surface area (TPSA) is 9.23 Å². The highest BCUT2D eigenvalue weighted by molar-refractivity contribution is 5.33. The molecule has 0 atom stereocenters. The van der Waals surface area contributed by atoms with Gasteiger partial charge < -0.3 is 4.74 Å². The number of hydrogen-bond donors (Lipinski definition) is 0. The largest absolute Gasteiger partial charge is 0.491 e. The summed E-state index contributed by atoms with van der Waals surface area (Å²) >= 11 is 0. The Labute approximate surface area is 230 Å². The minimum atomic E-state index is -0.832. The van der Waals surface area contributed by atoms with E-state index in [4.69, 9.17) is 4.74 Å². The standard InChI is InChI=1S/C35H48F2O/c1-3-5-6-9-26-12-18-29(19-13-26)30-20-14-27(15-21-30)10-7-8-11-28-16-22-31(23-17-28)32-24-25-33(38-4-2)35(37)34(32)36/h7,10,12-13,18-19,24-25,27-28,30-31H,3-6,8-9,11,14-17,20-23H2,1-2H3. The Hall–Kier alpha value is -2.16. The maximum atomic E-state index is 14.6. The molecule has 0 saturated heterocycles. The molecule has 3 heteroatoms. The number of allylic oxidation sites excluding steroid dienone is 2. The van der Waals surface area contributed by atoms with Crippen molar-refractivity contribution in [1.82, 2.24) is 0 Å². The van der Waals surface area contributed by atoms with Gasteiger partial charge in [-0.05, 0) is 130 Å². The summed E-state index contributed by atoms with van der Waals surface area (Å²) in [5.74, 6) is 0.764. The molecule has 2 aromatic carbocycles. The van der Waals surface area contributed by atoms with Gasteiger partial charge in [-0.1, -0.05) is 62.2 Å². The molecule has 0 unspecified atom stereocenters. The van der Waals surface area contributed by atoms with E-state index in [2.05, 4.69) is 43.3 Å². The van der Waals surface area contributed by atoms with Gasteiger partial charge >= 0.3 is 0 Å². The quantitative estimate of drug-likeness (QED) is 0.199. The van der Waals surface area contributed by atoms with Crippen molar-refractivity contribution in [3.05, 3.63) is 76.9 Å². The van der Waals surface area contributed by atoms with Crippen LogP contribution in [0.15, 0.2) is 48.6 Å². The summed E-state index contributed by atoms with van der Waals surface area (Å²) < 4.78 is 34.1. The molecule has 2 aliphatic rings. The molecule has 0 N–H and O–H groups in total. The third-order valence-corrected chi connectivity index (χ3v) is 9.10. The fraction of sp³-hybridized carbons (Fsp3) is 0.600. The Morgan fingerprint density at radius 2 is 1.50 bits per heavy atom. The van der Waals surface area contributed by atoms with E-state index in [1.807, 2.05) is 0 Å². The zero-order valence-electron chi connectivity index (χ0n) is 23.7. The van der Waals surface area contributed by atoms with Crippen LogP contribution in [0, 0.1) is 23.5 Å². The molecule has 2 saturated carbocycles. The van der Waals surface area contributed by atoms with Gasteiger partial charge in [0.25, 0.3) is 0 Å². The maximum absolute atomic E-state index is 14.6. The molecule has 0 heterocycles. The van der Waals surface area contributed by atoms with E-state index < -0.39 is 11.6 Å². The predicted molar refractivity (Wildman–Crippen MR) is 155 cm³/mol. The molecule has 2 aliphatic carbocycles. The van der Waals surface area contributed by atoms with Crippen LogP contribution >= 0.6 is 0 Å². The van der Waals surface area contributed by atoms with Gasteiger partial charge in [0.05, 0.1) is 6.61 Å². The van der Waals surface area contributed by atoms with Gasteiger partial charge in [-0.2, -0.15) is 4.39 Å². The average molecular weight is 523 g/mol. The first-order valence-electron chi connectivity index (χ1n) is 15.4. The van der Waals surface area contributed by atoms with Gasteiger partial charge in [-0.3, -0.25) is 0 Å². The molecule has 0 bridgehead atoms. The Balaban J connectivity index is 1.14. The summed E-state index contributed by atoms with van der Waals surface area (Å²) in [6.45, 7) is 4.38. The molecule has 0 aliphatic heterocycles. The van der Waals surface area contributed by atoms with Crippen LogP contribution in [0.5, 0.6) is 5.75 Å². The van der Waals surface area contributed by atoms with Gasteiger partial charge in [-0.25, -0.2) is 4.39 Å². The first-order valence-corrected chi connectivity index (χ1v) is 15.4. The molecule has 38 heavy (non-hydrogen) atoms. The van der Waals surface area contributed by atoms with E-state index in [1.54, 1.807) is 19.1 Å². The van der Waals surface area contributed by atoms with Crippen molar-refractivity contribution in [2.24, 2.45) is 11.8 Å². The third kappa shape index (κ3) is 7.93. The van der Waals surface area contributed by atoms with Crippen LogP contribution in [0.25, 0.3) is 0 Å². The van der Waals surface area contributed by atoms with E-state index in [-0.39, 0.29) is 11.7 Å². The highest BCUT2D eigenvalue weighted by atomic mass is 19.2. The van der Waals surface area contributed by atoms with E-state index >= 15 is 0 Å².